The zero-order valence-corrected chi connectivity index (χ0v) is 12.0. The minimum Gasteiger partial charge on any atom is -0.378 e. The van der Waals surface area contributed by atoms with Gasteiger partial charge in [0.15, 0.2) is 6.10 Å². The highest BCUT2D eigenvalue weighted by molar-refractivity contribution is 5.82. The normalized spacial score (nSPS) is 13.2. The molecule has 2 aromatic rings. The van der Waals surface area contributed by atoms with Crippen molar-refractivity contribution in [3.63, 3.8) is 0 Å². The van der Waals surface area contributed by atoms with E-state index < -0.39 is 23.0 Å². The number of aliphatic hydroxyl groups is 1. The van der Waals surface area contributed by atoms with Gasteiger partial charge in [0.05, 0.1) is 11.0 Å². The summed E-state index contributed by atoms with van der Waals surface area (Å²) in [5.41, 5.74) is 1.05. The fourth-order valence-electron chi connectivity index (χ4n) is 2.07. The van der Waals surface area contributed by atoms with Gasteiger partial charge in [-0.25, -0.2) is 0 Å². The molecule has 2 aromatic carbocycles. The Morgan fingerprint density at radius 2 is 1.77 bits per heavy atom. The van der Waals surface area contributed by atoms with E-state index in [4.69, 9.17) is 0 Å². The van der Waals surface area contributed by atoms with Gasteiger partial charge in [0.1, 0.15) is 0 Å². The van der Waals surface area contributed by atoms with Crippen LogP contribution in [0, 0.1) is 10.1 Å². The largest absolute Gasteiger partial charge is 0.378 e. The lowest BCUT2D eigenvalue weighted by Gasteiger charge is -2.17. The number of carbonyl (C=O) groups excluding carboxylic acids is 1. The molecule has 0 aliphatic rings. The van der Waals surface area contributed by atoms with Crippen molar-refractivity contribution in [2.24, 2.45) is 0 Å². The Bertz CT molecular complexity index is 673. The molecular formula is C16H16N2O4. The van der Waals surface area contributed by atoms with Crippen LogP contribution in [0.15, 0.2) is 54.6 Å². The highest BCUT2D eigenvalue weighted by atomic mass is 16.6. The molecule has 114 valence electrons. The molecule has 1 unspecified atom stereocenters. The molecule has 0 aromatic heterocycles. The van der Waals surface area contributed by atoms with Crippen molar-refractivity contribution in [2.75, 3.05) is 0 Å². The van der Waals surface area contributed by atoms with Crippen LogP contribution in [0.25, 0.3) is 0 Å². The van der Waals surface area contributed by atoms with E-state index in [1.54, 1.807) is 49.4 Å². The van der Waals surface area contributed by atoms with Crippen LogP contribution in [0.1, 0.15) is 30.2 Å². The third kappa shape index (κ3) is 3.67. The van der Waals surface area contributed by atoms with E-state index in [2.05, 4.69) is 5.32 Å². The molecule has 2 N–H and O–H groups in total. The quantitative estimate of drug-likeness (QED) is 0.655. The van der Waals surface area contributed by atoms with Crippen molar-refractivity contribution in [3.05, 3.63) is 75.8 Å². The summed E-state index contributed by atoms with van der Waals surface area (Å²) in [4.78, 5) is 22.3. The molecule has 0 saturated heterocycles. The van der Waals surface area contributed by atoms with Gasteiger partial charge in [-0.05, 0) is 18.1 Å². The standard InChI is InChI=1S/C16H16N2O4/c1-11(13-8-5-9-14(10-13)18(21)22)17-16(20)15(19)12-6-3-2-4-7-12/h2-11,15,19H,1H3,(H,17,20)/t11?,15-/m1/s1. The number of rotatable bonds is 5. The van der Waals surface area contributed by atoms with Crippen molar-refractivity contribution >= 4 is 11.6 Å². The lowest BCUT2D eigenvalue weighted by molar-refractivity contribution is -0.384. The number of carbonyl (C=O) groups is 1. The van der Waals surface area contributed by atoms with Gasteiger partial charge in [-0.15, -0.1) is 0 Å². The minimum atomic E-state index is -1.28. The second kappa shape index (κ2) is 6.82. The van der Waals surface area contributed by atoms with Crippen LogP contribution < -0.4 is 5.32 Å². The summed E-state index contributed by atoms with van der Waals surface area (Å²) in [7, 11) is 0. The molecule has 0 spiro atoms. The van der Waals surface area contributed by atoms with Gasteiger partial charge in [0.25, 0.3) is 11.6 Å². The first kappa shape index (κ1) is 15.7. The summed E-state index contributed by atoms with van der Waals surface area (Å²) in [6.07, 6.45) is -1.28. The summed E-state index contributed by atoms with van der Waals surface area (Å²) in [5, 5.41) is 23.4. The number of amides is 1. The predicted octanol–water partition coefficient (Wildman–Crippen LogP) is 2.51. The Balaban J connectivity index is 2.08. The van der Waals surface area contributed by atoms with Crippen molar-refractivity contribution in [1.82, 2.24) is 5.32 Å². The second-order valence-electron chi connectivity index (χ2n) is 4.90. The number of benzene rings is 2. The van der Waals surface area contributed by atoms with E-state index in [0.29, 0.717) is 11.1 Å². The van der Waals surface area contributed by atoms with E-state index >= 15 is 0 Å². The van der Waals surface area contributed by atoms with Crippen LogP contribution in [0.2, 0.25) is 0 Å². The van der Waals surface area contributed by atoms with Crippen LogP contribution >= 0.6 is 0 Å². The molecule has 0 bridgehead atoms. The molecule has 0 aliphatic carbocycles. The first-order valence-corrected chi connectivity index (χ1v) is 6.77. The molecule has 0 fully saturated rings. The Morgan fingerprint density at radius 3 is 2.41 bits per heavy atom. The summed E-state index contributed by atoms with van der Waals surface area (Å²) < 4.78 is 0. The Morgan fingerprint density at radius 1 is 1.14 bits per heavy atom. The maximum absolute atomic E-state index is 12.1. The highest BCUT2D eigenvalue weighted by Crippen LogP contribution is 2.20. The van der Waals surface area contributed by atoms with E-state index in [9.17, 15) is 20.0 Å². The Kier molecular flexibility index (Phi) is 4.85. The van der Waals surface area contributed by atoms with Crippen LogP contribution in [-0.4, -0.2) is 15.9 Å². The number of aliphatic hydroxyl groups excluding tert-OH is 1. The van der Waals surface area contributed by atoms with E-state index in [0.717, 1.165) is 0 Å². The first-order chi connectivity index (χ1) is 10.5. The monoisotopic (exact) mass is 300 g/mol. The van der Waals surface area contributed by atoms with E-state index in [1.165, 1.54) is 12.1 Å². The maximum atomic E-state index is 12.1. The molecule has 0 heterocycles. The molecule has 22 heavy (non-hydrogen) atoms. The highest BCUT2D eigenvalue weighted by Gasteiger charge is 2.20. The lowest BCUT2D eigenvalue weighted by atomic mass is 10.1. The van der Waals surface area contributed by atoms with Gasteiger partial charge < -0.3 is 10.4 Å². The number of nitro groups is 1. The van der Waals surface area contributed by atoms with Crippen molar-refractivity contribution in [3.8, 4) is 0 Å². The zero-order chi connectivity index (χ0) is 16.1. The Hall–Kier alpha value is -2.73. The van der Waals surface area contributed by atoms with Crippen molar-refractivity contribution < 1.29 is 14.8 Å². The maximum Gasteiger partial charge on any atom is 0.269 e. The summed E-state index contributed by atoms with van der Waals surface area (Å²) in [6, 6.07) is 14.1. The third-order valence-electron chi connectivity index (χ3n) is 3.30. The SMILES string of the molecule is CC(NC(=O)[C@H](O)c1ccccc1)c1cccc([N+](=O)[O-])c1. The Labute approximate surface area is 127 Å². The predicted molar refractivity (Wildman–Crippen MR) is 81.1 cm³/mol. The number of nitrogens with one attached hydrogen (secondary N) is 1. The van der Waals surface area contributed by atoms with Gasteiger partial charge in [0, 0.05) is 12.1 Å². The van der Waals surface area contributed by atoms with Crippen LogP contribution in [0.3, 0.4) is 0 Å². The molecule has 6 heteroatoms. The van der Waals surface area contributed by atoms with Gasteiger partial charge in [-0.3, -0.25) is 14.9 Å². The molecule has 2 atom stereocenters. The summed E-state index contributed by atoms with van der Waals surface area (Å²) in [6.45, 7) is 1.70. The smallest absolute Gasteiger partial charge is 0.269 e. The van der Waals surface area contributed by atoms with E-state index in [-0.39, 0.29) is 5.69 Å². The van der Waals surface area contributed by atoms with Crippen molar-refractivity contribution in [1.29, 1.82) is 0 Å². The number of nitrogens with zero attached hydrogens (tertiary/aromatic N) is 1. The average Bonchev–Trinajstić information content (AvgIpc) is 2.54. The first-order valence-electron chi connectivity index (χ1n) is 6.77. The average molecular weight is 300 g/mol. The molecule has 2 rings (SSSR count). The number of non-ortho nitro benzene ring substituents is 1. The van der Waals surface area contributed by atoms with Crippen LogP contribution in [0.4, 0.5) is 5.69 Å². The van der Waals surface area contributed by atoms with Crippen molar-refractivity contribution in [2.45, 2.75) is 19.1 Å². The van der Waals surface area contributed by atoms with Crippen LogP contribution in [-0.2, 0) is 4.79 Å². The third-order valence-corrected chi connectivity index (χ3v) is 3.30. The van der Waals surface area contributed by atoms with Gasteiger partial charge >= 0.3 is 0 Å². The molecule has 0 radical (unpaired) electrons. The molecular weight excluding hydrogens is 284 g/mol. The number of hydrogen-bond donors (Lipinski definition) is 2. The minimum absolute atomic E-state index is 0.0396. The zero-order valence-electron chi connectivity index (χ0n) is 12.0. The fraction of sp³-hybridized carbons (Fsp3) is 0.188. The number of nitro benzene ring substituents is 1. The molecule has 6 nitrogen and oxygen atoms in total. The topological polar surface area (TPSA) is 92.5 Å². The van der Waals surface area contributed by atoms with Gasteiger partial charge in [0.2, 0.25) is 0 Å². The molecule has 0 saturated carbocycles. The number of hydrogen-bond acceptors (Lipinski definition) is 4. The molecule has 0 aliphatic heterocycles. The van der Waals surface area contributed by atoms with Gasteiger partial charge in [-0.2, -0.15) is 0 Å². The summed E-state index contributed by atoms with van der Waals surface area (Å²) in [5.74, 6) is -0.551. The second-order valence-corrected chi connectivity index (χ2v) is 4.90. The lowest BCUT2D eigenvalue weighted by Crippen LogP contribution is -2.31. The summed E-state index contributed by atoms with van der Waals surface area (Å²) >= 11 is 0. The fourth-order valence-corrected chi connectivity index (χ4v) is 2.07. The molecule has 1 amide bonds. The van der Waals surface area contributed by atoms with Gasteiger partial charge in [-0.1, -0.05) is 42.5 Å². The van der Waals surface area contributed by atoms with E-state index in [1.807, 2.05) is 0 Å². The van der Waals surface area contributed by atoms with Crippen LogP contribution in [0.5, 0.6) is 0 Å².